The molecule has 9 aromatic rings. The van der Waals surface area contributed by atoms with Crippen LogP contribution in [0, 0.1) is 0 Å². The Labute approximate surface area is 373 Å². The molecule has 0 atom stereocenters. The van der Waals surface area contributed by atoms with Crippen LogP contribution in [0.5, 0.6) is 0 Å². The van der Waals surface area contributed by atoms with Crippen molar-refractivity contribution in [1.82, 2.24) is 0 Å². The summed E-state index contributed by atoms with van der Waals surface area (Å²) in [5.41, 5.74) is 13.7. The number of benzene rings is 9. The van der Waals surface area contributed by atoms with E-state index >= 15 is 0 Å². The number of aryl methyl sites for hydroxylation is 2. The first kappa shape index (κ1) is 39.8. The molecule has 2 aliphatic carbocycles. The van der Waals surface area contributed by atoms with Gasteiger partial charge in [-0.3, -0.25) is 0 Å². The molecule has 2 aliphatic rings. The molecule has 0 unspecified atom stereocenters. The van der Waals surface area contributed by atoms with Crippen LogP contribution >= 0.6 is 0 Å². The first-order valence-electron chi connectivity index (χ1n) is 23.2. The van der Waals surface area contributed by atoms with Gasteiger partial charge in [-0.1, -0.05) is 0 Å². The van der Waals surface area contributed by atoms with Gasteiger partial charge in [0.1, 0.15) is 0 Å². The van der Waals surface area contributed by atoms with Crippen LogP contribution in [0.15, 0.2) is 146 Å². The molecule has 62 heavy (non-hydrogen) atoms. The second-order valence-corrected chi connectivity index (χ2v) is 41.5. The van der Waals surface area contributed by atoms with Gasteiger partial charge in [0.25, 0.3) is 0 Å². The molecule has 2 nitrogen and oxygen atoms in total. The van der Waals surface area contributed by atoms with E-state index in [-0.39, 0.29) is 0 Å². The molecule has 308 valence electrons. The van der Waals surface area contributed by atoms with Gasteiger partial charge in [0.05, 0.1) is 0 Å². The molecule has 4 heteroatoms. The van der Waals surface area contributed by atoms with Crippen molar-refractivity contribution in [2.24, 2.45) is 0 Å². The van der Waals surface area contributed by atoms with Gasteiger partial charge in [0, 0.05) is 0 Å². The summed E-state index contributed by atoms with van der Waals surface area (Å²) in [6.45, 7) is 0. The molecule has 0 aromatic heterocycles. The molecular weight excluding hydrogens is 870 g/mol. The molecule has 0 amide bonds. The van der Waals surface area contributed by atoms with Crippen LogP contribution in [-0.4, -0.2) is 26.5 Å². The van der Waals surface area contributed by atoms with E-state index in [1.807, 2.05) is 0 Å². The van der Waals surface area contributed by atoms with Crippen molar-refractivity contribution in [3.8, 4) is 0 Å². The zero-order valence-electron chi connectivity index (χ0n) is 37.4. The van der Waals surface area contributed by atoms with Crippen LogP contribution in [0.2, 0.25) is 34.5 Å². The minimum atomic E-state index is -2.02. The minimum absolute atomic E-state index is 1.13. The van der Waals surface area contributed by atoms with E-state index in [1.165, 1.54) is 125 Å². The average Bonchev–Trinajstić information content (AvgIpc) is 3.29. The number of anilines is 6. The molecule has 11 rings (SSSR count). The SMILES string of the molecule is [CH3][Ge]([CH3])([CH3])[c]1ccc(N(c2cccc3c2CCCC3)c2ccc3c4cccc5c(N(c6cc[c]([Ge]([CH3])([CH3])[CH3])cc6)c6cccc7c6CCCC7)ccc(c6cccc2c63)c54)cc1. The fourth-order valence-electron chi connectivity index (χ4n) is 11.0. The van der Waals surface area contributed by atoms with Crippen LogP contribution in [-0.2, 0) is 25.7 Å². The Bertz CT molecular complexity index is 2920. The Balaban J connectivity index is 1.15. The third-order valence-corrected chi connectivity index (χ3v) is 23.0. The number of rotatable bonds is 8. The Kier molecular flexibility index (Phi) is 9.85. The standard InChI is InChI=1S/C58H58Ge2N2/c1-59(2,3)41-27-31-43(32-28-41)61(53-25-11-17-39-15-7-9-19-45(39)53)55-37-35-49-48-22-14-24-52-56(38-36-50(58(48)52)47-21-13-23-51(55)57(47)49)62(44-33-29-42(30-34-44)60(4,5)6)54-26-12-18-40-16-8-10-20-46(40)54/h11-14,17-18,21-38H,7-10,15-16,19-20H2,1-6H3. The molecule has 0 spiro atoms. The predicted molar refractivity (Wildman–Crippen MR) is 276 cm³/mol. The van der Waals surface area contributed by atoms with Crippen molar-refractivity contribution < 1.29 is 0 Å². The van der Waals surface area contributed by atoms with Gasteiger partial charge in [-0.2, -0.15) is 0 Å². The summed E-state index contributed by atoms with van der Waals surface area (Å²) in [6, 6.07) is 57.2. The van der Waals surface area contributed by atoms with Gasteiger partial charge in [0.2, 0.25) is 0 Å². The number of fused-ring (bicyclic) bond motifs is 4. The first-order valence-corrected chi connectivity index (χ1v) is 37.9. The quantitative estimate of drug-likeness (QED) is 0.0851. The summed E-state index contributed by atoms with van der Waals surface area (Å²) in [6.07, 6.45) is 9.61. The van der Waals surface area contributed by atoms with Crippen molar-refractivity contribution >= 4 is 113 Å². The first-order chi connectivity index (χ1) is 30.0. The van der Waals surface area contributed by atoms with E-state index in [1.54, 1.807) is 8.79 Å². The summed E-state index contributed by atoms with van der Waals surface area (Å²) in [5, 5.41) is 10.6. The number of hydrogen-bond donors (Lipinski definition) is 0. The van der Waals surface area contributed by atoms with Gasteiger partial charge in [-0.25, -0.2) is 0 Å². The molecule has 0 bridgehead atoms. The van der Waals surface area contributed by atoms with Gasteiger partial charge >= 0.3 is 376 Å². The Morgan fingerprint density at radius 2 is 0.677 bits per heavy atom. The summed E-state index contributed by atoms with van der Waals surface area (Å²) < 4.78 is 3.08. The van der Waals surface area contributed by atoms with Crippen LogP contribution in [0.1, 0.15) is 47.9 Å². The van der Waals surface area contributed by atoms with Gasteiger partial charge < -0.3 is 0 Å². The maximum atomic E-state index is 2.60. The number of nitrogens with zero attached hydrogens (tertiary/aromatic N) is 2. The zero-order valence-corrected chi connectivity index (χ0v) is 41.6. The molecule has 0 fully saturated rings. The predicted octanol–water partition coefficient (Wildman–Crippen LogP) is 15.5. The van der Waals surface area contributed by atoms with Crippen molar-refractivity contribution in [2.75, 3.05) is 9.80 Å². The summed E-state index contributed by atoms with van der Waals surface area (Å²) in [5.74, 6) is 15.0. The van der Waals surface area contributed by atoms with E-state index in [2.05, 4.69) is 190 Å². The Hall–Kier alpha value is -5.03. The van der Waals surface area contributed by atoms with Crippen molar-refractivity contribution in [2.45, 2.75) is 85.9 Å². The van der Waals surface area contributed by atoms with Crippen LogP contribution in [0.3, 0.4) is 0 Å². The third kappa shape index (κ3) is 6.67. The maximum absolute atomic E-state index is 2.60. The fraction of sp³-hybridized carbons (Fsp3) is 0.241. The van der Waals surface area contributed by atoms with E-state index in [0.29, 0.717) is 0 Å². The molecular formula is C58H58Ge2N2. The molecule has 9 aromatic carbocycles. The van der Waals surface area contributed by atoms with Crippen LogP contribution < -0.4 is 18.6 Å². The Morgan fingerprint density at radius 1 is 0.323 bits per heavy atom. The monoisotopic (exact) mass is 930 g/mol. The van der Waals surface area contributed by atoms with E-state index < -0.39 is 26.5 Å². The van der Waals surface area contributed by atoms with Gasteiger partial charge in [-0.15, -0.1) is 0 Å². The second-order valence-electron chi connectivity index (χ2n) is 20.2. The molecule has 0 saturated carbocycles. The van der Waals surface area contributed by atoms with E-state index in [4.69, 9.17) is 0 Å². The molecule has 0 N–H and O–H groups in total. The van der Waals surface area contributed by atoms with Crippen LogP contribution in [0.4, 0.5) is 34.1 Å². The number of hydrogen-bond acceptors (Lipinski definition) is 2. The van der Waals surface area contributed by atoms with Crippen molar-refractivity contribution in [3.63, 3.8) is 0 Å². The molecule has 0 radical (unpaired) electrons. The molecule has 0 aliphatic heterocycles. The third-order valence-electron chi connectivity index (χ3n) is 14.3. The second kappa shape index (κ2) is 15.3. The topological polar surface area (TPSA) is 6.48 Å². The van der Waals surface area contributed by atoms with Gasteiger partial charge in [-0.05, 0) is 0 Å². The average molecular weight is 928 g/mol. The van der Waals surface area contributed by atoms with Crippen molar-refractivity contribution in [1.29, 1.82) is 0 Å². The Morgan fingerprint density at radius 3 is 1.08 bits per heavy atom. The molecule has 0 saturated heterocycles. The van der Waals surface area contributed by atoms with Crippen LogP contribution in [0.25, 0.3) is 43.1 Å². The normalized spacial score (nSPS) is 14.4. The van der Waals surface area contributed by atoms with Gasteiger partial charge in [0.15, 0.2) is 0 Å². The fourth-order valence-corrected chi connectivity index (χ4v) is 15.9. The summed E-state index contributed by atoms with van der Waals surface area (Å²) >= 11 is -4.03. The summed E-state index contributed by atoms with van der Waals surface area (Å²) in [7, 11) is 0. The van der Waals surface area contributed by atoms with Crippen molar-refractivity contribution in [3.05, 3.63) is 168 Å². The van der Waals surface area contributed by atoms with E-state index in [0.717, 1.165) is 25.7 Å². The zero-order chi connectivity index (χ0) is 42.3. The van der Waals surface area contributed by atoms with E-state index in [9.17, 15) is 0 Å². The molecule has 0 heterocycles. The summed E-state index contributed by atoms with van der Waals surface area (Å²) in [4.78, 5) is 5.19.